The van der Waals surface area contributed by atoms with Gasteiger partial charge >= 0.3 is 11.9 Å². The van der Waals surface area contributed by atoms with E-state index in [0.29, 0.717) is 26.5 Å². The summed E-state index contributed by atoms with van der Waals surface area (Å²) >= 11 is 12.1. The van der Waals surface area contributed by atoms with Crippen LogP contribution in [-0.2, 0) is 9.53 Å². The van der Waals surface area contributed by atoms with Crippen LogP contribution in [0.3, 0.4) is 0 Å². The lowest BCUT2D eigenvalue weighted by Crippen LogP contribution is -2.13. The van der Waals surface area contributed by atoms with Crippen molar-refractivity contribution in [2.45, 2.75) is 20.0 Å². The average Bonchev–Trinajstić information content (AvgIpc) is 2.74. The number of halogens is 2. The van der Waals surface area contributed by atoms with Gasteiger partial charge in [0.1, 0.15) is 5.69 Å². The standard InChI is InChI=1S/C15H13Cl2NO4/c1-7(2)22-15(21)14-9(3-4-12(19)20)13-10(17)5-8(16)6-11(13)18-14/h3-7,18H,1-2H3,(H,19,20)/b4-3+. The van der Waals surface area contributed by atoms with Crippen LogP contribution in [0.5, 0.6) is 0 Å². The molecule has 0 radical (unpaired) electrons. The molecule has 0 fully saturated rings. The van der Waals surface area contributed by atoms with Gasteiger partial charge in [-0.1, -0.05) is 23.2 Å². The second kappa shape index (κ2) is 6.42. The first-order valence-electron chi connectivity index (χ1n) is 6.42. The first-order chi connectivity index (χ1) is 10.3. The topological polar surface area (TPSA) is 79.4 Å². The fourth-order valence-electron chi connectivity index (χ4n) is 2.03. The van der Waals surface area contributed by atoms with E-state index >= 15 is 0 Å². The van der Waals surface area contributed by atoms with Crippen molar-refractivity contribution >= 4 is 52.1 Å². The number of carboxylic acids is 1. The number of aliphatic carboxylic acids is 1. The third-order valence-electron chi connectivity index (χ3n) is 2.79. The van der Waals surface area contributed by atoms with Crippen molar-refractivity contribution in [3.8, 4) is 0 Å². The third-order valence-corrected chi connectivity index (χ3v) is 3.31. The number of benzene rings is 1. The molecule has 22 heavy (non-hydrogen) atoms. The second-order valence-corrected chi connectivity index (χ2v) is 5.69. The molecule has 7 heteroatoms. The number of aromatic nitrogens is 1. The highest BCUT2D eigenvalue weighted by atomic mass is 35.5. The van der Waals surface area contributed by atoms with E-state index in [1.807, 2.05) is 0 Å². The van der Waals surface area contributed by atoms with Gasteiger partial charge in [-0.05, 0) is 32.1 Å². The van der Waals surface area contributed by atoms with E-state index in [9.17, 15) is 9.59 Å². The molecule has 1 heterocycles. The predicted molar refractivity (Wildman–Crippen MR) is 85.5 cm³/mol. The van der Waals surface area contributed by atoms with Crippen LogP contribution >= 0.6 is 23.2 Å². The Morgan fingerprint density at radius 1 is 1.32 bits per heavy atom. The molecule has 2 rings (SSSR count). The molecule has 0 amide bonds. The second-order valence-electron chi connectivity index (χ2n) is 4.85. The summed E-state index contributed by atoms with van der Waals surface area (Å²) in [4.78, 5) is 25.8. The minimum absolute atomic E-state index is 0.130. The number of aromatic amines is 1. The van der Waals surface area contributed by atoms with Crippen molar-refractivity contribution < 1.29 is 19.4 Å². The molecule has 0 unspecified atom stereocenters. The van der Waals surface area contributed by atoms with Crippen molar-refractivity contribution in [2.75, 3.05) is 0 Å². The fraction of sp³-hybridized carbons (Fsp3) is 0.200. The van der Waals surface area contributed by atoms with Gasteiger partial charge in [-0.3, -0.25) is 0 Å². The molecule has 1 aromatic carbocycles. The zero-order chi connectivity index (χ0) is 16.4. The fourth-order valence-corrected chi connectivity index (χ4v) is 2.62. The molecule has 2 aromatic rings. The lowest BCUT2D eigenvalue weighted by Gasteiger charge is -2.07. The Morgan fingerprint density at radius 3 is 2.59 bits per heavy atom. The minimum Gasteiger partial charge on any atom is -0.478 e. The van der Waals surface area contributed by atoms with E-state index in [1.54, 1.807) is 19.9 Å². The van der Waals surface area contributed by atoms with E-state index in [-0.39, 0.29) is 11.8 Å². The largest absolute Gasteiger partial charge is 0.478 e. The molecule has 0 saturated heterocycles. The van der Waals surface area contributed by atoms with Crippen LogP contribution in [0, 0.1) is 0 Å². The monoisotopic (exact) mass is 341 g/mol. The first kappa shape index (κ1) is 16.4. The maximum Gasteiger partial charge on any atom is 0.355 e. The van der Waals surface area contributed by atoms with Crippen molar-refractivity contribution in [1.82, 2.24) is 4.98 Å². The maximum atomic E-state index is 12.2. The number of rotatable bonds is 4. The number of esters is 1. The van der Waals surface area contributed by atoms with E-state index in [1.165, 1.54) is 12.1 Å². The zero-order valence-corrected chi connectivity index (χ0v) is 13.3. The van der Waals surface area contributed by atoms with Gasteiger partial charge in [0, 0.05) is 27.6 Å². The summed E-state index contributed by atoms with van der Waals surface area (Å²) in [7, 11) is 0. The SMILES string of the molecule is CC(C)OC(=O)c1[nH]c2cc(Cl)cc(Cl)c2c1/C=C/C(=O)O. The summed E-state index contributed by atoms with van der Waals surface area (Å²) in [5.41, 5.74) is 1.01. The Kier molecular flexibility index (Phi) is 4.78. The number of carbonyl (C=O) groups is 2. The molecule has 0 aliphatic carbocycles. The number of hydrogen-bond donors (Lipinski definition) is 2. The van der Waals surface area contributed by atoms with Gasteiger partial charge in [0.15, 0.2) is 0 Å². The smallest absolute Gasteiger partial charge is 0.355 e. The molecule has 1 aromatic heterocycles. The van der Waals surface area contributed by atoms with Crippen LogP contribution in [0.1, 0.15) is 29.9 Å². The number of H-pyrrole nitrogens is 1. The quantitative estimate of drug-likeness (QED) is 0.647. The van der Waals surface area contributed by atoms with Crippen LogP contribution in [0.2, 0.25) is 10.0 Å². The van der Waals surface area contributed by atoms with Crippen molar-refractivity contribution in [3.05, 3.63) is 39.5 Å². The van der Waals surface area contributed by atoms with Crippen LogP contribution in [0.4, 0.5) is 0 Å². The van der Waals surface area contributed by atoms with Crippen LogP contribution in [-0.4, -0.2) is 28.1 Å². The molecule has 0 aliphatic rings. The average molecular weight is 342 g/mol. The zero-order valence-electron chi connectivity index (χ0n) is 11.8. The molecular weight excluding hydrogens is 329 g/mol. The highest BCUT2D eigenvalue weighted by Crippen LogP contribution is 2.33. The molecule has 2 N–H and O–H groups in total. The number of hydrogen-bond acceptors (Lipinski definition) is 3. The van der Waals surface area contributed by atoms with Gasteiger partial charge in [0.05, 0.1) is 11.1 Å². The van der Waals surface area contributed by atoms with Gasteiger partial charge in [-0.2, -0.15) is 0 Å². The normalized spacial score (nSPS) is 11.5. The van der Waals surface area contributed by atoms with Crippen molar-refractivity contribution in [3.63, 3.8) is 0 Å². The Labute approximate surface area is 136 Å². The summed E-state index contributed by atoms with van der Waals surface area (Å²) in [5, 5.41) is 10.0. The molecule has 0 bridgehead atoms. The van der Waals surface area contributed by atoms with E-state index in [4.69, 9.17) is 33.0 Å². The molecule has 0 saturated carbocycles. The number of ether oxygens (including phenoxy) is 1. The Balaban J connectivity index is 2.68. The lowest BCUT2D eigenvalue weighted by molar-refractivity contribution is -0.131. The van der Waals surface area contributed by atoms with E-state index in [2.05, 4.69) is 4.98 Å². The predicted octanol–water partition coefficient (Wildman–Crippen LogP) is 4.14. The number of carbonyl (C=O) groups excluding carboxylic acids is 1. The summed E-state index contributed by atoms with van der Waals surface area (Å²) in [6.45, 7) is 3.44. The molecule has 116 valence electrons. The van der Waals surface area contributed by atoms with Gasteiger partial charge in [0.25, 0.3) is 0 Å². The van der Waals surface area contributed by atoms with Gasteiger partial charge < -0.3 is 14.8 Å². The van der Waals surface area contributed by atoms with Gasteiger partial charge in [-0.25, -0.2) is 9.59 Å². The molecule has 0 spiro atoms. The highest BCUT2D eigenvalue weighted by Gasteiger charge is 2.20. The highest BCUT2D eigenvalue weighted by molar-refractivity contribution is 6.39. The summed E-state index contributed by atoms with van der Waals surface area (Å²) in [6, 6.07) is 3.13. The Hall–Kier alpha value is -1.98. The molecule has 0 aliphatic heterocycles. The van der Waals surface area contributed by atoms with Crippen LogP contribution in [0.15, 0.2) is 18.2 Å². The molecule has 5 nitrogen and oxygen atoms in total. The van der Waals surface area contributed by atoms with Crippen LogP contribution < -0.4 is 0 Å². The van der Waals surface area contributed by atoms with E-state index in [0.717, 1.165) is 6.08 Å². The van der Waals surface area contributed by atoms with Crippen molar-refractivity contribution in [2.24, 2.45) is 0 Å². The summed E-state index contributed by atoms with van der Waals surface area (Å²) in [5.74, 6) is -1.73. The van der Waals surface area contributed by atoms with Crippen molar-refractivity contribution in [1.29, 1.82) is 0 Å². The third kappa shape index (κ3) is 3.43. The summed E-state index contributed by atoms with van der Waals surface area (Å²) in [6.07, 6.45) is 1.92. The molecular formula is C15H13Cl2NO4. The molecule has 0 atom stereocenters. The number of carboxylic acid groups (broad SMARTS) is 1. The maximum absolute atomic E-state index is 12.2. The first-order valence-corrected chi connectivity index (χ1v) is 7.18. The van der Waals surface area contributed by atoms with Gasteiger partial charge in [-0.15, -0.1) is 0 Å². The lowest BCUT2D eigenvalue weighted by atomic mass is 10.1. The summed E-state index contributed by atoms with van der Waals surface area (Å²) < 4.78 is 5.16. The van der Waals surface area contributed by atoms with E-state index < -0.39 is 11.9 Å². The van der Waals surface area contributed by atoms with Gasteiger partial charge in [0.2, 0.25) is 0 Å². The Bertz CT molecular complexity index is 777. The number of nitrogens with one attached hydrogen (secondary N) is 1. The minimum atomic E-state index is -1.14. The Morgan fingerprint density at radius 2 is 2.00 bits per heavy atom. The van der Waals surface area contributed by atoms with Crippen LogP contribution in [0.25, 0.3) is 17.0 Å². The number of fused-ring (bicyclic) bond motifs is 1.